The van der Waals surface area contributed by atoms with Crippen molar-refractivity contribution in [2.75, 3.05) is 5.32 Å². The van der Waals surface area contributed by atoms with E-state index in [-0.39, 0.29) is 5.57 Å². The summed E-state index contributed by atoms with van der Waals surface area (Å²) in [7, 11) is 0. The number of nitrogens with one attached hydrogen (secondary N) is 1. The molecule has 1 heterocycles. The van der Waals surface area contributed by atoms with Crippen molar-refractivity contribution in [3.05, 3.63) is 58.2 Å². The summed E-state index contributed by atoms with van der Waals surface area (Å²) in [6.45, 7) is 7.79. The van der Waals surface area contributed by atoms with E-state index in [1.165, 1.54) is 13.0 Å². The molecule has 1 atom stereocenters. The maximum Gasteiger partial charge on any atom is 0.349 e. The predicted molar refractivity (Wildman–Crippen MR) is 108 cm³/mol. The van der Waals surface area contributed by atoms with Crippen molar-refractivity contribution < 1.29 is 27.5 Å². The van der Waals surface area contributed by atoms with Gasteiger partial charge in [0.05, 0.1) is 5.69 Å². The van der Waals surface area contributed by atoms with Gasteiger partial charge in [0.2, 0.25) is 0 Å². The summed E-state index contributed by atoms with van der Waals surface area (Å²) >= 11 is 0. The molecule has 0 aliphatic carbocycles. The molecule has 0 aliphatic heterocycles. The number of ether oxygens (including phenoxy) is 1. The number of anilines is 1. The Hall–Kier alpha value is -3.54. The van der Waals surface area contributed by atoms with Crippen molar-refractivity contribution in [2.45, 2.75) is 46.8 Å². The fourth-order valence-electron chi connectivity index (χ4n) is 2.97. The zero-order valence-corrected chi connectivity index (χ0v) is 17.6. The Labute approximate surface area is 177 Å². The minimum absolute atomic E-state index is 0.324. The zero-order chi connectivity index (χ0) is 23.3. The third kappa shape index (κ3) is 5.34. The lowest BCUT2D eigenvalue weighted by Crippen LogP contribution is -2.30. The van der Waals surface area contributed by atoms with Gasteiger partial charge in [-0.2, -0.15) is 5.26 Å². The quantitative estimate of drug-likeness (QED) is 0.303. The fraction of sp³-hybridized carbons (Fsp3) is 0.318. The molecule has 1 N–H and O–H groups in total. The maximum absolute atomic E-state index is 13.7. The van der Waals surface area contributed by atoms with E-state index in [4.69, 9.17) is 4.74 Å². The molecule has 2 rings (SSSR count). The highest BCUT2D eigenvalue weighted by Gasteiger charge is 2.23. The Balaban J connectivity index is 2.14. The summed E-state index contributed by atoms with van der Waals surface area (Å²) < 4.78 is 47.0. The summed E-state index contributed by atoms with van der Waals surface area (Å²) in [6.07, 6.45) is 0.859. The highest BCUT2D eigenvalue weighted by molar-refractivity contribution is 6.01. The van der Waals surface area contributed by atoms with Gasteiger partial charge in [0.15, 0.2) is 23.6 Å². The lowest BCUT2D eigenvalue weighted by Gasteiger charge is -2.14. The minimum atomic E-state index is -1.74. The van der Waals surface area contributed by atoms with Gasteiger partial charge in [0, 0.05) is 17.9 Å². The second kappa shape index (κ2) is 9.98. The largest absolute Gasteiger partial charge is 0.448 e. The van der Waals surface area contributed by atoms with E-state index in [9.17, 15) is 28.0 Å². The van der Waals surface area contributed by atoms with Gasteiger partial charge in [-0.05, 0) is 57.0 Å². The Bertz CT molecular complexity index is 1080. The molecule has 0 spiro atoms. The number of amides is 1. The van der Waals surface area contributed by atoms with Gasteiger partial charge < -0.3 is 14.6 Å². The average molecular weight is 433 g/mol. The Morgan fingerprint density at radius 1 is 1.26 bits per heavy atom. The van der Waals surface area contributed by atoms with Crippen molar-refractivity contribution in [2.24, 2.45) is 0 Å². The molecule has 0 fully saturated rings. The molecular weight excluding hydrogens is 411 g/mol. The molecule has 0 aliphatic rings. The first-order chi connectivity index (χ1) is 14.6. The SMILES string of the molecule is CCCn1c(C)cc(/C=C(\C#N)C(=O)OC(C)C(=O)Nc2ccc(F)c(F)c2F)c1C. The van der Waals surface area contributed by atoms with Gasteiger partial charge in [-0.15, -0.1) is 0 Å². The van der Waals surface area contributed by atoms with E-state index >= 15 is 0 Å². The number of rotatable bonds is 7. The topological polar surface area (TPSA) is 84.1 Å². The number of carbonyl (C=O) groups is 2. The Morgan fingerprint density at radius 3 is 2.55 bits per heavy atom. The summed E-state index contributed by atoms with van der Waals surface area (Å²) in [5, 5.41) is 11.4. The van der Waals surface area contributed by atoms with Crippen molar-refractivity contribution in [1.82, 2.24) is 4.57 Å². The highest BCUT2D eigenvalue weighted by Crippen LogP contribution is 2.21. The standard InChI is InChI=1S/C22H22F3N3O3/c1-5-8-28-12(2)9-15(13(28)3)10-16(11-26)22(30)31-14(4)21(29)27-18-7-6-17(23)19(24)20(18)25/h6-7,9-10,14H,5,8H2,1-4H3,(H,27,29)/b16-10+. The molecule has 0 saturated heterocycles. The van der Waals surface area contributed by atoms with E-state index in [0.717, 1.165) is 30.4 Å². The molecule has 1 aromatic heterocycles. The van der Waals surface area contributed by atoms with E-state index in [1.807, 2.05) is 32.2 Å². The van der Waals surface area contributed by atoms with Gasteiger partial charge >= 0.3 is 5.97 Å². The van der Waals surface area contributed by atoms with Gasteiger partial charge in [0.1, 0.15) is 11.6 Å². The number of esters is 1. The normalized spacial score (nSPS) is 12.3. The van der Waals surface area contributed by atoms with Gasteiger partial charge in [0.25, 0.3) is 5.91 Å². The van der Waals surface area contributed by atoms with Crippen LogP contribution in [0.1, 0.15) is 37.2 Å². The first kappa shape index (κ1) is 23.7. The van der Waals surface area contributed by atoms with Crippen LogP contribution in [0.5, 0.6) is 0 Å². The smallest absolute Gasteiger partial charge is 0.349 e. The Morgan fingerprint density at radius 2 is 1.94 bits per heavy atom. The number of hydrogen-bond acceptors (Lipinski definition) is 4. The lowest BCUT2D eigenvalue weighted by atomic mass is 10.1. The lowest BCUT2D eigenvalue weighted by molar-refractivity contribution is -0.148. The second-order valence-corrected chi connectivity index (χ2v) is 6.91. The molecule has 6 nitrogen and oxygen atoms in total. The van der Waals surface area contributed by atoms with Crippen molar-refractivity contribution in [1.29, 1.82) is 5.26 Å². The third-order valence-corrected chi connectivity index (χ3v) is 4.65. The van der Waals surface area contributed by atoms with Gasteiger partial charge in [-0.25, -0.2) is 18.0 Å². The van der Waals surface area contributed by atoms with Crippen molar-refractivity contribution in [3.63, 3.8) is 0 Å². The third-order valence-electron chi connectivity index (χ3n) is 4.65. The summed E-state index contributed by atoms with van der Waals surface area (Å²) in [6, 6.07) is 5.07. The first-order valence-electron chi connectivity index (χ1n) is 9.54. The van der Waals surface area contributed by atoms with Crippen LogP contribution in [-0.4, -0.2) is 22.5 Å². The maximum atomic E-state index is 13.7. The van der Waals surface area contributed by atoms with E-state index < -0.39 is 41.1 Å². The number of hydrogen-bond donors (Lipinski definition) is 1. The monoisotopic (exact) mass is 433 g/mol. The molecule has 1 amide bonds. The number of aryl methyl sites for hydroxylation is 1. The van der Waals surface area contributed by atoms with Crippen LogP contribution in [0.4, 0.5) is 18.9 Å². The van der Waals surface area contributed by atoms with Crippen LogP contribution in [0, 0.1) is 42.6 Å². The first-order valence-corrected chi connectivity index (χ1v) is 9.54. The van der Waals surface area contributed by atoms with Crippen LogP contribution < -0.4 is 5.32 Å². The van der Waals surface area contributed by atoms with Crippen LogP contribution in [0.3, 0.4) is 0 Å². The van der Waals surface area contributed by atoms with Gasteiger partial charge in [-0.1, -0.05) is 6.92 Å². The van der Waals surface area contributed by atoms with Crippen LogP contribution in [0.25, 0.3) is 6.08 Å². The molecule has 1 aromatic carbocycles. The predicted octanol–water partition coefficient (Wildman–Crippen LogP) is 4.41. The van der Waals surface area contributed by atoms with Crippen molar-refractivity contribution >= 4 is 23.6 Å². The number of nitrogens with zero attached hydrogens (tertiary/aromatic N) is 2. The number of halogens is 3. The highest BCUT2D eigenvalue weighted by atomic mass is 19.2. The molecule has 0 saturated carbocycles. The number of nitriles is 1. The zero-order valence-electron chi connectivity index (χ0n) is 17.6. The summed E-state index contributed by atoms with van der Waals surface area (Å²) in [5.41, 5.74) is 1.58. The van der Waals surface area contributed by atoms with E-state index in [0.29, 0.717) is 11.6 Å². The molecule has 164 valence electrons. The van der Waals surface area contributed by atoms with Crippen LogP contribution in [-0.2, 0) is 20.9 Å². The van der Waals surface area contributed by atoms with E-state index in [1.54, 1.807) is 6.07 Å². The number of benzene rings is 1. The molecular formula is C22H22F3N3O3. The summed E-state index contributed by atoms with van der Waals surface area (Å²) in [4.78, 5) is 24.5. The van der Waals surface area contributed by atoms with Crippen LogP contribution >= 0.6 is 0 Å². The number of carbonyl (C=O) groups excluding carboxylic acids is 2. The minimum Gasteiger partial charge on any atom is -0.448 e. The van der Waals surface area contributed by atoms with Crippen molar-refractivity contribution in [3.8, 4) is 6.07 Å². The fourth-order valence-corrected chi connectivity index (χ4v) is 2.97. The molecule has 0 radical (unpaired) electrons. The van der Waals surface area contributed by atoms with Gasteiger partial charge in [-0.3, -0.25) is 4.79 Å². The van der Waals surface area contributed by atoms with Crippen LogP contribution in [0.15, 0.2) is 23.8 Å². The molecule has 0 bridgehead atoms. The summed E-state index contributed by atoms with van der Waals surface area (Å²) in [5.74, 6) is -6.74. The molecule has 1 unspecified atom stereocenters. The second-order valence-electron chi connectivity index (χ2n) is 6.91. The van der Waals surface area contributed by atoms with E-state index in [2.05, 4.69) is 4.57 Å². The van der Waals surface area contributed by atoms with Crippen LogP contribution in [0.2, 0.25) is 0 Å². The molecule has 31 heavy (non-hydrogen) atoms. The molecule has 2 aromatic rings. The Kier molecular flexibility index (Phi) is 7.64. The average Bonchev–Trinajstić information content (AvgIpc) is 2.99. The number of aromatic nitrogens is 1. The molecule has 9 heteroatoms.